The molecule has 0 spiro atoms. The van der Waals surface area contributed by atoms with E-state index in [9.17, 15) is 0 Å². The second kappa shape index (κ2) is 2.75. The van der Waals surface area contributed by atoms with Gasteiger partial charge in [-0.25, -0.2) is 0 Å². The van der Waals surface area contributed by atoms with Crippen LogP contribution >= 0.6 is 0 Å². The molecule has 1 heterocycles. The normalized spacial score (nSPS) is 25.3. The highest BCUT2D eigenvalue weighted by Crippen LogP contribution is 2.17. The second-order valence-electron chi connectivity index (χ2n) is 3.82. The lowest BCUT2D eigenvalue weighted by atomic mass is 9.98. The van der Waals surface area contributed by atoms with Crippen molar-refractivity contribution in [3.05, 3.63) is 11.6 Å². The first-order valence-electron chi connectivity index (χ1n) is 4.01. The molecule has 1 nitrogen and oxygen atoms in total. The van der Waals surface area contributed by atoms with Gasteiger partial charge in [-0.1, -0.05) is 11.6 Å². The van der Waals surface area contributed by atoms with Crippen LogP contribution in [0.15, 0.2) is 11.6 Å². The SMILES string of the molecule is CC1=CCNC(C)(C)CC1. The van der Waals surface area contributed by atoms with Crippen LogP contribution in [-0.4, -0.2) is 12.1 Å². The third-order valence-electron chi connectivity index (χ3n) is 2.18. The molecular weight excluding hydrogens is 122 g/mol. The predicted molar refractivity (Wildman–Crippen MR) is 45.1 cm³/mol. The molecule has 0 saturated heterocycles. The average molecular weight is 139 g/mol. The van der Waals surface area contributed by atoms with Gasteiger partial charge in [-0.05, 0) is 33.6 Å². The van der Waals surface area contributed by atoms with Crippen molar-refractivity contribution in [1.82, 2.24) is 5.32 Å². The molecule has 0 aromatic rings. The summed E-state index contributed by atoms with van der Waals surface area (Å²) in [5.74, 6) is 0. The van der Waals surface area contributed by atoms with Crippen LogP contribution in [0.3, 0.4) is 0 Å². The van der Waals surface area contributed by atoms with Crippen molar-refractivity contribution in [3.8, 4) is 0 Å². The molecule has 1 N–H and O–H groups in total. The molecule has 1 heteroatoms. The molecule has 0 atom stereocenters. The molecule has 0 unspecified atom stereocenters. The molecule has 0 aliphatic carbocycles. The molecule has 1 rings (SSSR count). The van der Waals surface area contributed by atoms with Gasteiger partial charge in [0.1, 0.15) is 0 Å². The molecule has 0 bridgehead atoms. The number of hydrogen-bond acceptors (Lipinski definition) is 1. The Morgan fingerprint density at radius 2 is 2.20 bits per heavy atom. The lowest BCUT2D eigenvalue weighted by Gasteiger charge is -2.23. The first-order valence-corrected chi connectivity index (χ1v) is 4.01. The van der Waals surface area contributed by atoms with Crippen LogP contribution in [-0.2, 0) is 0 Å². The van der Waals surface area contributed by atoms with Crippen LogP contribution in [0, 0.1) is 0 Å². The molecule has 0 aromatic heterocycles. The first-order chi connectivity index (χ1) is 4.60. The molecule has 58 valence electrons. The van der Waals surface area contributed by atoms with E-state index in [0.717, 1.165) is 6.54 Å². The second-order valence-corrected chi connectivity index (χ2v) is 3.82. The zero-order valence-electron chi connectivity index (χ0n) is 7.20. The van der Waals surface area contributed by atoms with Crippen LogP contribution < -0.4 is 5.32 Å². The van der Waals surface area contributed by atoms with Crippen LogP contribution in [0.2, 0.25) is 0 Å². The Hall–Kier alpha value is -0.300. The fourth-order valence-electron chi connectivity index (χ4n) is 1.20. The summed E-state index contributed by atoms with van der Waals surface area (Å²) in [6.07, 6.45) is 4.80. The Morgan fingerprint density at radius 1 is 1.50 bits per heavy atom. The highest BCUT2D eigenvalue weighted by molar-refractivity contribution is 5.04. The maximum Gasteiger partial charge on any atom is 0.0142 e. The van der Waals surface area contributed by atoms with E-state index < -0.39 is 0 Å². The monoisotopic (exact) mass is 139 g/mol. The predicted octanol–water partition coefficient (Wildman–Crippen LogP) is 2.09. The fraction of sp³-hybridized carbons (Fsp3) is 0.778. The van der Waals surface area contributed by atoms with E-state index in [1.807, 2.05) is 0 Å². The summed E-state index contributed by atoms with van der Waals surface area (Å²) in [5.41, 5.74) is 1.87. The third-order valence-corrected chi connectivity index (χ3v) is 2.18. The summed E-state index contributed by atoms with van der Waals surface area (Å²) in [6, 6.07) is 0. The van der Waals surface area contributed by atoms with Crippen molar-refractivity contribution >= 4 is 0 Å². The van der Waals surface area contributed by atoms with Crippen molar-refractivity contribution in [2.45, 2.75) is 39.2 Å². The largest absolute Gasteiger partial charge is 0.308 e. The Bertz CT molecular complexity index is 145. The minimum absolute atomic E-state index is 0.342. The van der Waals surface area contributed by atoms with Gasteiger partial charge in [0.25, 0.3) is 0 Å². The van der Waals surface area contributed by atoms with Crippen molar-refractivity contribution in [1.29, 1.82) is 0 Å². The van der Waals surface area contributed by atoms with Crippen molar-refractivity contribution in [3.63, 3.8) is 0 Å². The molecule has 10 heavy (non-hydrogen) atoms. The summed E-state index contributed by atoms with van der Waals surface area (Å²) in [7, 11) is 0. The maximum atomic E-state index is 3.47. The van der Waals surface area contributed by atoms with Gasteiger partial charge in [-0.15, -0.1) is 0 Å². The zero-order valence-corrected chi connectivity index (χ0v) is 7.20. The maximum absolute atomic E-state index is 3.47. The Morgan fingerprint density at radius 3 is 2.90 bits per heavy atom. The van der Waals surface area contributed by atoms with Crippen molar-refractivity contribution in [2.24, 2.45) is 0 Å². The Balaban J connectivity index is 2.52. The Labute approximate surface area is 63.5 Å². The number of hydrogen-bond donors (Lipinski definition) is 1. The quantitative estimate of drug-likeness (QED) is 0.507. The molecule has 0 aromatic carbocycles. The smallest absolute Gasteiger partial charge is 0.0142 e. The zero-order chi connectivity index (χ0) is 7.61. The van der Waals surface area contributed by atoms with E-state index in [-0.39, 0.29) is 0 Å². The first kappa shape index (κ1) is 7.80. The summed E-state index contributed by atoms with van der Waals surface area (Å²) in [6.45, 7) is 7.78. The van der Waals surface area contributed by atoms with E-state index >= 15 is 0 Å². The lowest BCUT2D eigenvalue weighted by Crippen LogP contribution is -2.38. The topological polar surface area (TPSA) is 12.0 Å². The summed E-state index contributed by atoms with van der Waals surface area (Å²) >= 11 is 0. The lowest BCUT2D eigenvalue weighted by molar-refractivity contribution is 0.387. The van der Waals surface area contributed by atoms with Gasteiger partial charge in [0.2, 0.25) is 0 Å². The van der Waals surface area contributed by atoms with Crippen LogP contribution in [0.5, 0.6) is 0 Å². The molecule has 0 fully saturated rings. The molecular formula is C9H17N. The van der Waals surface area contributed by atoms with Gasteiger partial charge in [0.15, 0.2) is 0 Å². The van der Waals surface area contributed by atoms with Crippen molar-refractivity contribution < 1.29 is 0 Å². The number of rotatable bonds is 0. The van der Waals surface area contributed by atoms with E-state index in [4.69, 9.17) is 0 Å². The van der Waals surface area contributed by atoms with Gasteiger partial charge in [0.05, 0.1) is 0 Å². The minimum atomic E-state index is 0.342. The molecule has 1 aliphatic rings. The van der Waals surface area contributed by atoms with E-state index in [0.29, 0.717) is 5.54 Å². The summed E-state index contributed by atoms with van der Waals surface area (Å²) in [5, 5.41) is 3.47. The van der Waals surface area contributed by atoms with Gasteiger partial charge >= 0.3 is 0 Å². The van der Waals surface area contributed by atoms with Gasteiger partial charge in [-0.2, -0.15) is 0 Å². The molecule has 0 amide bonds. The summed E-state index contributed by atoms with van der Waals surface area (Å²) < 4.78 is 0. The Kier molecular flexibility index (Phi) is 2.14. The standard InChI is InChI=1S/C9H17N/c1-8-4-6-9(2,3)10-7-5-8/h5,10H,4,6-7H2,1-3H3. The minimum Gasteiger partial charge on any atom is -0.308 e. The fourth-order valence-corrected chi connectivity index (χ4v) is 1.20. The van der Waals surface area contributed by atoms with Crippen LogP contribution in [0.4, 0.5) is 0 Å². The number of allylic oxidation sites excluding steroid dienone is 1. The molecule has 0 radical (unpaired) electrons. The van der Waals surface area contributed by atoms with E-state index in [1.54, 1.807) is 0 Å². The molecule has 0 saturated carbocycles. The molecule has 1 aliphatic heterocycles. The van der Waals surface area contributed by atoms with E-state index in [1.165, 1.54) is 18.4 Å². The van der Waals surface area contributed by atoms with Crippen molar-refractivity contribution in [2.75, 3.05) is 6.54 Å². The van der Waals surface area contributed by atoms with Gasteiger partial charge in [0, 0.05) is 12.1 Å². The number of nitrogens with one attached hydrogen (secondary N) is 1. The highest BCUT2D eigenvalue weighted by atomic mass is 14.9. The van der Waals surface area contributed by atoms with E-state index in [2.05, 4.69) is 32.2 Å². The summed E-state index contributed by atoms with van der Waals surface area (Å²) in [4.78, 5) is 0. The average Bonchev–Trinajstić information content (AvgIpc) is 1.94. The highest BCUT2D eigenvalue weighted by Gasteiger charge is 2.17. The van der Waals surface area contributed by atoms with Gasteiger partial charge in [-0.3, -0.25) is 0 Å². The van der Waals surface area contributed by atoms with Crippen LogP contribution in [0.1, 0.15) is 33.6 Å². The third kappa shape index (κ3) is 2.14. The van der Waals surface area contributed by atoms with Gasteiger partial charge < -0.3 is 5.32 Å². The van der Waals surface area contributed by atoms with Crippen LogP contribution in [0.25, 0.3) is 0 Å².